The Bertz CT molecular complexity index is 940. The van der Waals surface area contributed by atoms with Gasteiger partial charge in [0.25, 0.3) is 0 Å². The normalized spacial score (nSPS) is 14.0. The molecular formula is C40H63F. The Morgan fingerprint density at radius 3 is 1.85 bits per heavy atom. The number of aryl methyl sites for hydroxylation is 1. The molecule has 0 aliphatic heterocycles. The summed E-state index contributed by atoms with van der Waals surface area (Å²) >= 11 is 0. The molecule has 0 fully saturated rings. The first kappa shape index (κ1) is 35.3. The van der Waals surface area contributed by atoms with Crippen molar-refractivity contribution in [2.45, 2.75) is 156 Å². The van der Waals surface area contributed by atoms with Crippen molar-refractivity contribution >= 4 is 6.08 Å². The van der Waals surface area contributed by atoms with Gasteiger partial charge >= 0.3 is 0 Å². The highest BCUT2D eigenvalue weighted by Crippen LogP contribution is 2.33. The highest BCUT2D eigenvalue weighted by atomic mass is 19.1. The van der Waals surface area contributed by atoms with Gasteiger partial charge < -0.3 is 0 Å². The molecule has 0 nitrogen and oxygen atoms in total. The predicted molar refractivity (Wildman–Crippen MR) is 181 cm³/mol. The molecule has 0 spiro atoms. The number of unbranched alkanes of at least 4 members (excludes halogenated alkanes) is 9. The highest BCUT2D eigenvalue weighted by Gasteiger charge is 2.18. The molecule has 0 bridgehead atoms. The minimum atomic E-state index is -0.0261. The van der Waals surface area contributed by atoms with Crippen LogP contribution in [0, 0.1) is 17.7 Å². The summed E-state index contributed by atoms with van der Waals surface area (Å²) in [4.78, 5) is 0. The fourth-order valence-electron chi connectivity index (χ4n) is 6.53. The van der Waals surface area contributed by atoms with Crippen LogP contribution in [0.1, 0.15) is 166 Å². The van der Waals surface area contributed by atoms with Crippen molar-refractivity contribution in [1.82, 2.24) is 0 Å². The van der Waals surface area contributed by atoms with E-state index in [4.69, 9.17) is 0 Å². The van der Waals surface area contributed by atoms with Crippen LogP contribution in [0.25, 0.3) is 6.08 Å². The maximum atomic E-state index is 14.7. The third kappa shape index (κ3) is 14.2. The molecule has 0 N–H and O–H groups in total. The molecule has 0 saturated carbocycles. The van der Waals surface area contributed by atoms with E-state index in [2.05, 4.69) is 58.0 Å². The van der Waals surface area contributed by atoms with E-state index in [0.717, 1.165) is 29.9 Å². The lowest BCUT2D eigenvalue weighted by Crippen LogP contribution is -2.11. The van der Waals surface area contributed by atoms with E-state index < -0.39 is 0 Å². The van der Waals surface area contributed by atoms with Crippen LogP contribution in [-0.2, 0) is 12.8 Å². The zero-order chi connectivity index (χ0) is 29.7. The second-order valence-corrected chi connectivity index (χ2v) is 12.8. The summed E-state index contributed by atoms with van der Waals surface area (Å²) in [6, 6.07) is 15.2. The molecule has 2 aromatic carbocycles. The van der Waals surface area contributed by atoms with E-state index >= 15 is 0 Å². The van der Waals surface area contributed by atoms with Crippen LogP contribution in [0.5, 0.6) is 0 Å². The standard InChI is InChI=1S/C40H63F/c1-6-10-17-21-36(31-39-30-27-35(20-8-3)32-40(39)41)22-18-15-13-12-14-16-19-24-37(23-11-7-2)33(5)38-28-25-34(9-4)26-29-38/h8,20,25-30,32-33,36-37H,6-7,9-19,21-24,31H2,1-5H3. The van der Waals surface area contributed by atoms with E-state index in [-0.39, 0.29) is 5.82 Å². The molecule has 3 unspecified atom stereocenters. The van der Waals surface area contributed by atoms with Crippen LogP contribution in [0.15, 0.2) is 48.5 Å². The number of hydrogen-bond acceptors (Lipinski definition) is 0. The van der Waals surface area contributed by atoms with E-state index in [1.807, 2.05) is 25.1 Å². The SMILES string of the molecule is CC=Cc1ccc(CC(CCCCC)CCCCCCCCCC(CCCC)C(C)c2ccc(CC)cc2)c(F)c1. The van der Waals surface area contributed by atoms with Gasteiger partial charge in [-0.1, -0.05) is 166 Å². The number of halogens is 1. The fourth-order valence-corrected chi connectivity index (χ4v) is 6.53. The summed E-state index contributed by atoms with van der Waals surface area (Å²) in [6.45, 7) is 11.3. The van der Waals surface area contributed by atoms with E-state index in [9.17, 15) is 4.39 Å². The number of rotatable bonds is 23. The zero-order valence-electron chi connectivity index (χ0n) is 27.5. The molecule has 0 radical (unpaired) electrons. The van der Waals surface area contributed by atoms with Crippen LogP contribution in [0.2, 0.25) is 0 Å². The van der Waals surface area contributed by atoms with Crippen molar-refractivity contribution in [3.05, 3.63) is 76.6 Å². The fraction of sp³-hybridized carbons (Fsp3) is 0.650. The van der Waals surface area contributed by atoms with Crippen LogP contribution in [0.4, 0.5) is 4.39 Å². The number of hydrogen-bond donors (Lipinski definition) is 0. The third-order valence-corrected chi connectivity index (χ3v) is 9.40. The van der Waals surface area contributed by atoms with Gasteiger partial charge in [0.2, 0.25) is 0 Å². The monoisotopic (exact) mass is 562 g/mol. The molecule has 41 heavy (non-hydrogen) atoms. The molecule has 0 amide bonds. The summed E-state index contributed by atoms with van der Waals surface area (Å²) < 4.78 is 14.7. The summed E-state index contributed by atoms with van der Waals surface area (Å²) in [6.07, 6.45) is 27.2. The molecular weight excluding hydrogens is 499 g/mol. The molecule has 2 rings (SSSR count). The Morgan fingerprint density at radius 1 is 0.683 bits per heavy atom. The second-order valence-electron chi connectivity index (χ2n) is 12.8. The average Bonchev–Trinajstić information content (AvgIpc) is 2.98. The smallest absolute Gasteiger partial charge is 0.127 e. The summed E-state index contributed by atoms with van der Waals surface area (Å²) in [5, 5.41) is 0. The Hall–Kier alpha value is -1.89. The lowest BCUT2D eigenvalue weighted by atomic mass is 9.80. The second kappa shape index (κ2) is 21.8. The molecule has 0 aliphatic rings. The van der Waals surface area contributed by atoms with Gasteiger partial charge in [0.15, 0.2) is 0 Å². The molecule has 0 saturated heterocycles. The van der Waals surface area contributed by atoms with Gasteiger partial charge in [-0.25, -0.2) is 4.39 Å². The van der Waals surface area contributed by atoms with Crippen molar-refractivity contribution in [2.75, 3.05) is 0 Å². The molecule has 230 valence electrons. The number of allylic oxidation sites excluding steroid dienone is 1. The maximum Gasteiger partial charge on any atom is 0.127 e. The van der Waals surface area contributed by atoms with Gasteiger partial charge in [-0.3, -0.25) is 0 Å². The third-order valence-electron chi connectivity index (χ3n) is 9.40. The van der Waals surface area contributed by atoms with Crippen LogP contribution >= 0.6 is 0 Å². The number of benzene rings is 2. The van der Waals surface area contributed by atoms with E-state index in [0.29, 0.717) is 11.8 Å². The van der Waals surface area contributed by atoms with Gasteiger partial charge in [-0.2, -0.15) is 0 Å². The Labute approximate surface area is 254 Å². The first-order valence-electron chi connectivity index (χ1n) is 17.5. The van der Waals surface area contributed by atoms with Crippen LogP contribution < -0.4 is 0 Å². The topological polar surface area (TPSA) is 0 Å². The first-order chi connectivity index (χ1) is 20.0. The minimum absolute atomic E-state index is 0.0261. The van der Waals surface area contributed by atoms with Gasteiger partial charge in [0.05, 0.1) is 0 Å². The summed E-state index contributed by atoms with van der Waals surface area (Å²) in [5.41, 5.74) is 4.85. The van der Waals surface area contributed by atoms with Gasteiger partial charge in [0.1, 0.15) is 5.82 Å². The van der Waals surface area contributed by atoms with Crippen molar-refractivity contribution in [3.8, 4) is 0 Å². The maximum absolute atomic E-state index is 14.7. The highest BCUT2D eigenvalue weighted by molar-refractivity contribution is 5.49. The molecule has 0 aliphatic carbocycles. The van der Waals surface area contributed by atoms with Gasteiger partial charge in [-0.15, -0.1) is 0 Å². The van der Waals surface area contributed by atoms with Crippen LogP contribution in [0.3, 0.4) is 0 Å². The van der Waals surface area contributed by atoms with Crippen molar-refractivity contribution < 1.29 is 4.39 Å². The van der Waals surface area contributed by atoms with Crippen molar-refractivity contribution in [1.29, 1.82) is 0 Å². The Balaban J connectivity index is 1.69. The molecule has 2 aromatic rings. The van der Waals surface area contributed by atoms with Crippen molar-refractivity contribution in [3.63, 3.8) is 0 Å². The largest absolute Gasteiger partial charge is 0.207 e. The predicted octanol–water partition coefficient (Wildman–Crippen LogP) is 13.3. The molecule has 0 aromatic heterocycles. The molecule has 1 heteroatoms. The zero-order valence-corrected chi connectivity index (χ0v) is 27.5. The molecule has 3 atom stereocenters. The first-order valence-corrected chi connectivity index (χ1v) is 17.5. The van der Waals surface area contributed by atoms with Crippen molar-refractivity contribution in [2.24, 2.45) is 11.8 Å². The lowest BCUT2D eigenvalue weighted by molar-refractivity contribution is 0.358. The van der Waals surface area contributed by atoms with Crippen LogP contribution in [-0.4, -0.2) is 0 Å². The average molecular weight is 563 g/mol. The minimum Gasteiger partial charge on any atom is -0.207 e. The summed E-state index contributed by atoms with van der Waals surface area (Å²) in [5.74, 6) is 2.07. The lowest BCUT2D eigenvalue weighted by Gasteiger charge is -2.25. The van der Waals surface area contributed by atoms with Gasteiger partial charge in [0, 0.05) is 0 Å². The Kier molecular flexibility index (Phi) is 18.7. The Morgan fingerprint density at radius 2 is 1.27 bits per heavy atom. The van der Waals surface area contributed by atoms with Gasteiger partial charge in [-0.05, 0) is 78.7 Å². The quantitative estimate of drug-likeness (QED) is 0.118. The van der Waals surface area contributed by atoms with E-state index in [1.54, 1.807) is 6.07 Å². The molecule has 0 heterocycles. The van der Waals surface area contributed by atoms with E-state index in [1.165, 1.54) is 114 Å². The summed E-state index contributed by atoms with van der Waals surface area (Å²) in [7, 11) is 0.